The third-order valence-electron chi connectivity index (χ3n) is 3.59. The van der Waals surface area contributed by atoms with Gasteiger partial charge in [0.2, 0.25) is 5.43 Å². The highest BCUT2D eigenvalue weighted by atomic mass is 16.4. The van der Waals surface area contributed by atoms with E-state index >= 15 is 0 Å². The molecular formula is C16H14N2O4. The molecule has 0 aliphatic rings. The summed E-state index contributed by atoms with van der Waals surface area (Å²) in [6.07, 6.45) is 0.806. The van der Waals surface area contributed by atoms with Crippen molar-refractivity contribution in [3.05, 3.63) is 45.6 Å². The molecule has 0 saturated heterocycles. The number of pyridine rings is 1. The number of hydrogen-bond donors (Lipinski definition) is 2. The van der Waals surface area contributed by atoms with Gasteiger partial charge < -0.3 is 14.8 Å². The second kappa shape index (κ2) is 5.14. The number of carboxylic acid groups (broad SMARTS) is 1. The monoisotopic (exact) mass is 298 g/mol. The number of carbonyl (C=O) groups is 1. The Hall–Kier alpha value is -2.89. The maximum Gasteiger partial charge on any atom is 0.339 e. The van der Waals surface area contributed by atoms with Crippen molar-refractivity contribution >= 4 is 33.9 Å². The van der Waals surface area contributed by atoms with Gasteiger partial charge in [-0.05, 0) is 24.1 Å². The molecule has 0 saturated carbocycles. The highest BCUT2D eigenvalue weighted by molar-refractivity contribution is 5.98. The van der Waals surface area contributed by atoms with Gasteiger partial charge in [0.1, 0.15) is 17.0 Å². The lowest BCUT2D eigenvalue weighted by Gasteiger charge is -2.07. The molecule has 0 radical (unpaired) electrons. The molecule has 2 heterocycles. The van der Waals surface area contributed by atoms with Crippen LogP contribution >= 0.6 is 0 Å². The molecule has 0 spiro atoms. The lowest BCUT2D eigenvalue weighted by atomic mass is 10.1. The van der Waals surface area contributed by atoms with Crippen LogP contribution in [0.3, 0.4) is 0 Å². The number of aryl methyl sites for hydroxylation is 1. The van der Waals surface area contributed by atoms with E-state index in [9.17, 15) is 14.7 Å². The fraction of sp³-hybridized carbons (Fsp3) is 0.188. The van der Waals surface area contributed by atoms with E-state index in [0.717, 1.165) is 12.0 Å². The molecular weight excluding hydrogens is 284 g/mol. The van der Waals surface area contributed by atoms with Gasteiger partial charge in [-0.25, -0.2) is 9.78 Å². The zero-order valence-corrected chi connectivity index (χ0v) is 12.1. The number of carboxylic acids is 1. The Morgan fingerprint density at radius 1 is 1.32 bits per heavy atom. The molecule has 6 heteroatoms. The van der Waals surface area contributed by atoms with Crippen LogP contribution in [-0.4, -0.2) is 23.1 Å². The smallest absolute Gasteiger partial charge is 0.339 e. The predicted octanol–water partition coefficient (Wildman–Crippen LogP) is 2.64. The molecule has 0 aliphatic carbocycles. The molecule has 0 amide bonds. The van der Waals surface area contributed by atoms with Crippen LogP contribution in [0.5, 0.6) is 0 Å². The van der Waals surface area contributed by atoms with E-state index in [1.807, 2.05) is 13.0 Å². The minimum absolute atomic E-state index is 0.0392. The molecule has 0 unspecified atom stereocenters. The molecule has 1 aromatic carbocycles. The number of benzene rings is 1. The van der Waals surface area contributed by atoms with E-state index in [-0.39, 0.29) is 27.9 Å². The van der Waals surface area contributed by atoms with Crippen LogP contribution in [0.15, 0.2) is 33.5 Å². The average molecular weight is 298 g/mol. The summed E-state index contributed by atoms with van der Waals surface area (Å²) in [4.78, 5) is 28.0. The molecule has 3 rings (SSSR count). The van der Waals surface area contributed by atoms with Crippen LogP contribution in [0.2, 0.25) is 0 Å². The van der Waals surface area contributed by atoms with Gasteiger partial charge in [0.25, 0.3) is 0 Å². The van der Waals surface area contributed by atoms with Gasteiger partial charge in [-0.15, -0.1) is 0 Å². The third kappa shape index (κ3) is 2.09. The molecule has 2 N–H and O–H groups in total. The van der Waals surface area contributed by atoms with Crippen molar-refractivity contribution in [2.75, 3.05) is 12.4 Å². The first-order valence-electron chi connectivity index (χ1n) is 6.86. The summed E-state index contributed by atoms with van der Waals surface area (Å²) in [5, 5.41) is 12.4. The Kier molecular flexibility index (Phi) is 3.29. The van der Waals surface area contributed by atoms with E-state index in [1.165, 1.54) is 6.07 Å². The summed E-state index contributed by atoms with van der Waals surface area (Å²) in [5.41, 5.74) is 1.43. The summed E-state index contributed by atoms with van der Waals surface area (Å²) in [7, 11) is 1.55. The van der Waals surface area contributed by atoms with Crippen LogP contribution in [0, 0.1) is 0 Å². The van der Waals surface area contributed by atoms with E-state index in [1.54, 1.807) is 19.2 Å². The Balaban J connectivity index is 2.43. The maximum absolute atomic E-state index is 12.6. The lowest BCUT2D eigenvalue weighted by molar-refractivity contribution is 0.0697. The van der Waals surface area contributed by atoms with E-state index in [0.29, 0.717) is 11.0 Å². The second-order valence-electron chi connectivity index (χ2n) is 4.90. The van der Waals surface area contributed by atoms with E-state index in [2.05, 4.69) is 10.3 Å². The normalized spacial score (nSPS) is 11.0. The summed E-state index contributed by atoms with van der Waals surface area (Å²) >= 11 is 0. The zero-order valence-electron chi connectivity index (χ0n) is 12.1. The number of anilines is 1. The van der Waals surface area contributed by atoms with Crippen molar-refractivity contribution in [3.63, 3.8) is 0 Å². The minimum Gasteiger partial charge on any atom is -0.478 e. The van der Waals surface area contributed by atoms with E-state index < -0.39 is 5.97 Å². The summed E-state index contributed by atoms with van der Waals surface area (Å²) < 4.78 is 5.66. The molecule has 2 aromatic heterocycles. The number of aromatic nitrogens is 1. The fourth-order valence-corrected chi connectivity index (χ4v) is 2.40. The number of nitrogens with zero attached hydrogens (tertiary/aromatic N) is 1. The van der Waals surface area contributed by atoms with Crippen LogP contribution in [0.1, 0.15) is 22.8 Å². The van der Waals surface area contributed by atoms with Crippen LogP contribution < -0.4 is 10.7 Å². The first-order valence-corrected chi connectivity index (χ1v) is 6.86. The van der Waals surface area contributed by atoms with Gasteiger partial charge in [-0.3, -0.25) is 4.79 Å². The molecule has 0 atom stereocenters. The molecule has 3 aromatic rings. The number of rotatable bonds is 3. The Morgan fingerprint density at radius 3 is 2.73 bits per heavy atom. The average Bonchev–Trinajstić information content (AvgIpc) is 2.53. The minimum atomic E-state index is -1.14. The van der Waals surface area contributed by atoms with Gasteiger partial charge >= 0.3 is 5.97 Å². The molecule has 0 aliphatic heterocycles. The third-order valence-corrected chi connectivity index (χ3v) is 3.59. The largest absolute Gasteiger partial charge is 0.478 e. The summed E-state index contributed by atoms with van der Waals surface area (Å²) in [6, 6.07) is 6.71. The highest BCUT2D eigenvalue weighted by Crippen LogP contribution is 2.23. The Morgan fingerprint density at radius 2 is 2.09 bits per heavy atom. The van der Waals surface area contributed by atoms with Gasteiger partial charge in [0.05, 0.1) is 5.39 Å². The van der Waals surface area contributed by atoms with Crippen LogP contribution in [0.4, 0.5) is 5.82 Å². The zero-order chi connectivity index (χ0) is 15.9. The molecule has 0 bridgehead atoms. The standard InChI is InChI=1S/C16H14N2O4/c1-3-8-4-5-11-9(6-8)14(19)13-12(22-11)7-10(16(20)21)15(17-2)18-13/h4-7H,3H2,1-2H3,(H,17,18)(H,20,21). The van der Waals surface area contributed by atoms with Gasteiger partial charge in [0.15, 0.2) is 11.1 Å². The summed E-state index contributed by atoms with van der Waals surface area (Å²) in [6.45, 7) is 2.00. The van der Waals surface area contributed by atoms with Crippen molar-refractivity contribution in [1.82, 2.24) is 4.98 Å². The summed E-state index contributed by atoms with van der Waals surface area (Å²) in [5.74, 6) is -0.999. The number of fused-ring (bicyclic) bond motifs is 2. The first kappa shape index (κ1) is 14.1. The first-order chi connectivity index (χ1) is 10.5. The van der Waals surface area contributed by atoms with E-state index in [4.69, 9.17) is 4.42 Å². The number of hydrogen-bond acceptors (Lipinski definition) is 5. The van der Waals surface area contributed by atoms with Crippen LogP contribution in [-0.2, 0) is 6.42 Å². The highest BCUT2D eigenvalue weighted by Gasteiger charge is 2.17. The van der Waals surface area contributed by atoms with Crippen molar-refractivity contribution < 1.29 is 14.3 Å². The van der Waals surface area contributed by atoms with Crippen molar-refractivity contribution in [2.24, 2.45) is 0 Å². The number of aromatic carboxylic acids is 1. The van der Waals surface area contributed by atoms with Crippen molar-refractivity contribution in [2.45, 2.75) is 13.3 Å². The van der Waals surface area contributed by atoms with Crippen LogP contribution in [0.25, 0.3) is 22.1 Å². The fourth-order valence-electron chi connectivity index (χ4n) is 2.40. The second-order valence-corrected chi connectivity index (χ2v) is 4.90. The molecule has 0 fully saturated rings. The Bertz CT molecular complexity index is 960. The van der Waals surface area contributed by atoms with Crippen molar-refractivity contribution in [3.8, 4) is 0 Å². The van der Waals surface area contributed by atoms with Gasteiger partial charge in [-0.1, -0.05) is 13.0 Å². The van der Waals surface area contributed by atoms with Gasteiger partial charge in [0, 0.05) is 13.1 Å². The van der Waals surface area contributed by atoms with Crippen molar-refractivity contribution in [1.29, 1.82) is 0 Å². The topological polar surface area (TPSA) is 92.4 Å². The lowest BCUT2D eigenvalue weighted by Crippen LogP contribution is -2.10. The number of nitrogens with one attached hydrogen (secondary N) is 1. The molecule has 6 nitrogen and oxygen atoms in total. The predicted molar refractivity (Wildman–Crippen MR) is 83.7 cm³/mol. The SMILES string of the molecule is CCc1ccc2oc3cc(C(=O)O)c(NC)nc3c(=O)c2c1. The molecule has 112 valence electrons. The molecule has 22 heavy (non-hydrogen) atoms. The maximum atomic E-state index is 12.6. The van der Waals surface area contributed by atoms with Gasteiger partial charge in [-0.2, -0.15) is 0 Å². The Labute approximate surface area is 125 Å². The quantitative estimate of drug-likeness (QED) is 0.722.